The van der Waals surface area contributed by atoms with Crippen LogP contribution >= 0.6 is 0 Å². The van der Waals surface area contributed by atoms with E-state index in [9.17, 15) is 9.90 Å². The molecule has 27 heavy (non-hydrogen) atoms. The summed E-state index contributed by atoms with van der Waals surface area (Å²) in [5, 5.41) is 10.7. The van der Waals surface area contributed by atoms with Crippen molar-refractivity contribution in [3.8, 4) is 5.75 Å². The van der Waals surface area contributed by atoms with E-state index in [-0.39, 0.29) is 5.56 Å². The average Bonchev–Trinajstić information content (AvgIpc) is 3.12. The van der Waals surface area contributed by atoms with E-state index in [4.69, 9.17) is 4.74 Å². The molecule has 4 rings (SSSR count). The number of para-hydroxylation sites is 1. The summed E-state index contributed by atoms with van der Waals surface area (Å²) in [6, 6.07) is 13.9. The zero-order valence-electron chi connectivity index (χ0n) is 15.4. The Balaban J connectivity index is 1.43. The van der Waals surface area contributed by atoms with E-state index >= 15 is 0 Å². The molecule has 3 aromatic rings. The van der Waals surface area contributed by atoms with Crippen molar-refractivity contribution in [3.05, 3.63) is 65.4 Å². The summed E-state index contributed by atoms with van der Waals surface area (Å²) < 4.78 is 5.14. The number of aromatic nitrogens is 1. The minimum Gasteiger partial charge on any atom is -0.496 e. The number of hydrogen-bond acceptors (Lipinski definition) is 3. The molecular formula is C22H24N2O3. The van der Waals surface area contributed by atoms with Gasteiger partial charge in [0.25, 0.3) is 0 Å². The molecule has 0 atom stereocenters. The number of hydrogen-bond donors (Lipinski definition) is 2. The van der Waals surface area contributed by atoms with Crippen LogP contribution in [0, 0.1) is 0 Å². The molecule has 140 valence electrons. The van der Waals surface area contributed by atoms with Gasteiger partial charge in [0.1, 0.15) is 11.3 Å². The van der Waals surface area contributed by atoms with Crippen LogP contribution in [-0.2, 0) is 6.54 Å². The molecule has 0 spiro atoms. The topological polar surface area (TPSA) is 65.6 Å². The summed E-state index contributed by atoms with van der Waals surface area (Å²) in [5.74, 6) is 0.0267. The zero-order valence-corrected chi connectivity index (χ0v) is 15.4. The molecular weight excluding hydrogens is 340 g/mol. The van der Waals surface area contributed by atoms with Gasteiger partial charge in [0, 0.05) is 23.6 Å². The van der Waals surface area contributed by atoms with Crippen LogP contribution in [0.5, 0.6) is 5.75 Å². The Morgan fingerprint density at radius 1 is 1.22 bits per heavy atom. The lowest BCUT2D eigenvalue weighted by Crippen LogP contribution is -2.32. The van der Waals surface area contributed by atoms with Gasteiger partial charge in [-0.2, -0.15) is 0 Å². The highest BCUT2D eigenvalue weighted by atomic mass is 16.5. The van der Waals surface area contributed by atoms with Crippen molar-refractivity contribution >= 4 is 16.9 Å². The molecule has 0 amide bonds. The largest absolute Gasteiger partial charge is 0.496 e. The molecule has 1 aliphatic heterocycles. The average molecular weight is 364 g/mol. The predicted octanol–water partition coefficient (Wildman–Crippen LogP) is 4.25. The van der Waals surface area contributed by atoms with E-state index in [1.54, 1.807) is 12.1 Å². The summed E-state index contributed by atoms with van der Waals surface area (Å²) in [6.07, 6.45) is 4.39. The van der Waals surface area contributed by atoms with Crippen molar-refractivity contribution in [2.24, 2.45) is 0 Å². The van der Waals surface area contributed by atoms with E-state index in [0.29, 0.717) is 11.7 Å². The standard InChI is InChI=1S/C22H24N2O3/c1-27-21-7-6-15(12-18(21)22(25)26)14-24-10-8-16(9-11-24)19-13-23-20-5-3-2-4-17(19)20/h2-7,12-13,16,23H,8-11,14H2,1H3,(H,25,26). The number of rotatable bonds is 5. The van der Waals surface area contributed by atoms with Gasteiger partial charge in [-0.15, -0.1) is 0 Å². The molecule has 2 heterocycles. The normalized spacial score (nSPS) is 15.9. The van der Waals surface area contributed by atoms with Crippen molar-refractivity contribution in [1.29, 1.82) is 0 Å². The van der Waals surface area contributed by atoms with Crippen LogP contribution in [0.15, 0.2) is 48.7 Å². The third kappa shape index (κ3) is 3.55. The Morgan fingerprint density at radius 3 is 2.74 bits per heavy atom. The Kier molecular flexibility index (Phi) is 4.86. The second-order valence-electron chi connectivity index (χ2n) is 7.18. The van der Waals surface area contributed by atoms with Gasteiger partial charge in [0.2, 0.25) is 0 Å². The molecule has 0 saturated carbocycles. The van der Waals surface area contributed by atoms with Crippen molar-refractivity contribution in [1.82, 2.24) is 9.88 Å². The van der Waals surface area contributed by atoms with E-state index in [1.807, 2.05) is 6.07 Å². The van der Waals surface area contributed by atoms with E-state index in [1.165, 1.54) is 23.6 Å². The number of carbonyl (C=O) groups is 1. The van der Waals surface area contributed by atoms with Crippen molar-refractivity contribution in [3.63, 3.8) is 0 Å². The maximum atomic E-state index is 11.4. The second kappa shape index (κ2) is 7.45. The Morgan fingerprint density at radius 2 is 2.00 bits per heavy atom. The highest BCUT2D eigenvalue weighted by molar-refractivity contribution is 5.91. The lowest BCUT2D eigenvalue weighted by molar-refractivity contribution is 0.0693. The minimum absolute atomic E-state index is 0.226. The Hall–Kier alpha value is -2.79. The van der Waals surface area contributed by atoms with Crippen LogP contribution in [0.1, 0.15) is 40.2 Å². The molecule has 1 aromatic heterocycles. The van der Waals surface area contributed by atoms with Crippen LogP contribution in [-0.4, -0.2) is 41.2 Å². The molecule has 5 nitrogen and oxygen atoms in total. The summed E-state index contributed by atoms with van der Waals surface area (Å²) in [6.45, 7) is 2.79. The predicted molar refractivity (Wildman–Crippen MR) is 106 cm³/mol. The van der Waals surface area contributed by atoms with E-state index < -0.39 is 5.97 Å². The first kappa shape index (κ1) is 17.6. The zero-order chi connectivity index (χ0) is 18.8. The van der Waals surface area contributed by atoms with Gasteiger partial charge in [0.15, 0.2) is 0 Å². The number of H-pyrrole nitrogens is 1. The maximum absolute atomic E-state index is 11.4. The number of nitrogens with one attached hydrogen (secondary N) is 1. The quantitative estimate of drug-likeness (QED) is 0.710. The monoisotopic (exact) mass is 364 g/mol. The summed E-state index contributed by atoms with van der Waals surface area (Å²) in [5.41, 5.74) is 3.86. The number of piperidine rings is 1. The number of nitrogens with zero attached hydrogens (tertiary/aromatic N) is 1. The molecule has 1 saturated heterocycles. The number of aromatic carboxylic acids is 1. The minimum atomic E-state index is -0.952. The highest BCUT2D eigenvalue weighted by Gasteiger charge is 2.23. The fourth-order valence-corrected chi connectivity index (χ4v) is 4.11. The van der Waals surface area contributed by atoms with Crippen LogP contribution < -0.4 is 4.74 Å². The molecule has 5 heteroatoms. The first-order valence-corrected chi connectivity index (χ1v) is 9.34. The van der Waals surface area contributed by atoms with Crippen molar-refractivity contribution < 1.29 is 14.6 Å². The van der Waals surface area contributed by atoms with Crippen LogP contribution in [0.3, 0.4) is 0 Å². The first-order valence-electron chi connectivity index (χ1n) is 9.34. The molecule has 2 N–H and O–H groups in total. The molecule has 0 unspecified atom stereocenters. The molecule has 0 aliphatic carbocycles. The number of fused-ring (bicyclic) bond motifs is 1. The number of aromatic amines is 1. The number of methoxy groups -OCH3 is 1. The number of carboxylic acids is 1. The van der Waals surface area contributed by atoms with Gasteiger partial charge in [-0.1, -0.05) is 24.3 Å². The molecule has 0 radical (unpaired) electrons. The third-order valence-electron chi connectivity index (χ3n) is 5.55. The molecule has 1 aliphatic rings. The van der Waals surface area contributed by atoms with Gasteiger partial charge in [-0.05, 0) is 61.2 Å². The van der Waals surface area contributed by atoms with Gasteiger partial charge in [-0.3, -0.25) is 4.90 Å². The van der Waals surface area contributed by atoms with Crippen molar-refractivity contribution in [2.45, 2.75) is 25.3 Å². The van der Waals surface area contributed by atoms with Gasteiger partial charge in [0.05, 0.1) is 7.11 Å². The third-order valence-corrected chi connectivity index (χ3v) is 5.55. The smallest absolute Gasteiger partial charge is 0.339 e. The number of carboxylic acid groups (broad SMARTS) is 1. The summed E-state index contributed by atoms with van der Waals surface area (Å²) >= 11 is 0. The number of benzene rings is 2. The van der Waals surface area contributed by atoms with E-state index in [0.717, 1.165) is 38.0 Å². The van der Waals surface area contributed by atoms with Gasteiger partial charge >= 0.3 is 5.97 Å². The summed E-state index contributed by atoms with van der Waals surface area (Å²) in [7, 11) is 1.50. The van der Waals surface area contributed by atoms with Crippen LogP contribution in [0.25, 0.3) is 10.9 Å². The van der Waals surface area contributed by atoms with E-state index in [2.05, 4.69) is 40.3 Å². The van der Waals surface area contributed by atoms with Gasteiger partial charge < -0.3 is 14.8 Å². The number of likely N-dealkylation sites (tertiary alicyclic amines) is 1. The fourth-order valence-electron chi connectivity index (χ4n) is 4.11. The second-order valence-corrected chi connectivity index (χ2v) is 7.18. The lowest BCUT2D eigenvalue weighted by atomic mass is 9.89. The molecule has 1 fully saturated rings. The first-order chi connectivity index (χ1) is 13.2. The highest BCUT2D eigenvalue weighted by Crippen LogP contribution is 2.33. The fraction of sp³-hybridized carbons (Fsp3) is 0.318. The van der Waals surface area contributed by atoms with Crippen LogP contribution in [0.2, 0.25) is 0 Å². The van der Waals surface area contributed by atoms with Crippen LogP contribution in [0.4, 0.5) is 0 Å². The summed E-state index contributed by atoms with van der Waals surface area (Å²) in [4.78, 5) is 17.2. The number of ether oxygens (including phenoxy) is 1. The molecule has 2 aromatic carbocycles. The van der Waals surface area contributed by atoms with Crippen molar-refractivity contribution in [2.75, 3.05) is 20.2 Å². The maximum Gasteiger partial charge on any atom is 0.339 e. The Bertz CT molecular complexity index is 955. The Labute approximate surface area is 158 Å². The lowest BCUT2D eigenvalue weighted by Gasteiger charge is -2.32. The van der Waals surface area contributed by atoms with Gasteiger partial charge in [-0.25, -0.2) is 4.79 Å². The molecule has 0 bridgehead atoms. The SMILES string of the molecule is COc1ccc(CN2CCC(c3c[nH]c4ccccc34)CC2)cc1C(=O)O.